The van der Waals surface area contributed by atoms with Gasteiger partial charge in [-0.1, -0.05) is 6.92 Å². The molecule has 1 aromatic heterocycles. The van der Waals surface area contributed by atoms with E-state index in [2.05, 4.69) is 26.1 Å². The second-order valence-corrected chi connectivity index (χ2v) is 6.17. The van der Waals surface area contributed by atoms with Gasteiger partial charge in [0.1, 0.15) is 0 Å². The first-order valence-corrected chi connectivity index (χ1v) is 6.17. The lowest BCUT2D eigenvalue weighted by molar-refractivity contribution is 0.0921. The molecule has 0 spiro atoms. The van der Waals surface area contributed by atoms with Gasteiger partial charge in [0.25, 0.3) is 0 Å². The van der Waals surface area contributed by atoms with Gasteiger partial charge < -0.3 is 5.32 Å². The third kappa shape index (κ3) is 1.86. The summed E-state index contributed by atoms with van der Waals surface area (Å²) in [4.78, 5) is 13.1. The SMILES string of the molecule is CC1C(=O)c2ccsc2C1NC(C)(C)C. The topological polar surface area (TPSA) is 29.1 Å². The smallest absolute Gasteiger partial charge is 0.168 e. The molecule has 3 heteroatoms. The Labute approximate surface area is 94.7 Å². The highest BCUT2D eigenvalue weighted by atomic mass is 32.1. The molecule has 1 aliphatic rings. The van der Waals surface area contributed by atoms with E-state index in [0.29, 0.717) is 0 Å². The van der Waals surface area contributed by atoms with Crippen molar-refractivity contribution >= 4 is 17.1 Å². The predicted octanol–water partition coefficient (Wildman–Crippen LogP) is 3.01. The summed E-state index contributed by atoms with van der Waals surface area (Å²) in [7, 11) is 0. The maximum Gasteiger partial charge on any atom is 0.168 e. The van der Waals surface area contributed by atoms with Gasteiger partial charge in [0.05, 0.1) is 6.04 Å². The molecule has 2 unspecified atom stereocenters. The average Bonchev–Trinajstić information content (AvgIpc) is 2.64. The molecule has 82 valence electrons. The van der Waals surface area contributed by atoms with Gasteiger partial charge in [-0.05, 0) is 32.2 Å². The zero-order valence-corrected chi connectivity index (χ0v) is 10.4. The Morgan fingerprint density at radius 2 is 2.07 bits per heavy atom. The van der Waals surface area contributed by atoms with Crippen molar-refractivity contribution in [3.8, 4) is 0 Å². The molecular weight excluding hydrogens is 206 g/mol. The highest BCUT2D eigenvalue weighted by Gasteiger charge is 2.39. The van der Waals surface area contributed by atoms with Crippen molar-refractivity contribution < 1.29 is 4.79 Å². The van der Waals surface area contributed by atoms with Crippen LogP contribution >= 0.6 is 11.3 Å². The van der Waals surface area contributed by atoms with E-state index in [0.717, 1.165) is 5.56 Å². The Kier molecular flexibility index (Phi) is 2.47. The lowest BCUT2D eigenvalue weighted by atomic mass is 10.0. The van der Waals surface area contributed by atoms with Crippen molar-refractivity contribution in [3.05, 3.63) is 21.9 Å². The molecule has 1 N–H and O–H groups in total. The lowest BCUT2D eigenvalue weighted by Crippen LogP contribution is -2.40. The zero-order chi connectivity index (χ0) is 11.2. The van der Waals surface area contributed by atoms with E-state index in [4.69, 9.17) is 0 Å². The summed E-state index contributed by atoms with van der Waals surface area (Å²) in [5.74, 6) is 0.361. The van der Waals surface area contributed by atoms with E-state index in [-0.39, 0.29) is 23.3 Å². The van der Waals surface area contributed by atoms with Crippen molar-refractivity contribution in [2.24, 2.45) is 5.92 Å². The van der Waals surface area contributed by atoms with E-state index in [1.165, 1.54) is 4.88 Å². The van der Waals surface area contributed by atoms with Crippen molar-refractivity contribution in [2.75, 3.05) is 0 Å². The summed E-state index contributed by atoms with van der Waals surface area (Å²) < 4.78 is 0. The van der Waals surface area contributed by atoms with Crippen LogP contribution in [0.15, 0.2) is 11.4 Å². The Bertz CT molecular complexity index is 389. The first kappa shape index (κ1) is 10.8. The summed E-state index contributed by atoms with van der Waals surface area (Å²) in [6.45, 7) is 8.42. The van der Waals surface area contributed by atoms with Gasteiger partial charge in [-0.2, -0.15) is 0 Å². The number of ketones is 1. The monoisotopic (exact) mass is 223 g/mol. The van der Waals surface area contributed by atoms with Crippen molar-refractivity contribution in [2.45, 2.75) is 39.3 Å². The highest BCUT2D eigenvalue weighted by Crippen LogP contribution is 2.40. The minimum Gasteiger partial charge on any atom is -0.304 e. The van der Waals surface area contributed by atoms with Crippen LogP contribution < -0.4 is 5.32 Å². The van der Waals surface area contributed by atoms with Crippen molar-refractivity contribution in [3.63, 3.8) is 0 Å². The quantitative estimate of drug-likeness (QED) is 0.793. The second-order valence-electron chi connectivity index (χ2n) is 5.22. The molecule has 0 bridgehead atoms. The molecule has 0 amide bonds. The van der Waals surface area contributed by atoms with Crippen LogP contribution in [0.1, 0.15) is 49.0 Å². The zero-order valence-electron chi connectivity index (χ0n) is 9.63. The molecule has 0 saturated heterocycles. The van der Waals surface area contributed by atoms with E-state index in [9.17, 15) is 4.79 Å². The number of fused-ring (bicyclic) bond motifs is 1. The third-order valence-corrected chi connectivity index (χ3v) is 3.75. The molecule has 0 saturated carbocycles. The fraction of sp³-hybridized carbons (Fsp3) is 0.583. The Balaban J connectivity index is 2.31. The largest absolute Gasteiger partial charge is 0.304 e. The molecule has 0 aromatic carbocycles. The number of Topliss-reactive ketones (excluding diaryl/α,β-unsaturated/α-hetero) is 1. The molecule has 0 fully saturated rings. The number of carbonyl (C=O) groups excluding carboxylic acids is 1. The third-order valence-electron chi connectivity index (χ3n) is 2.75. The van der Waals surface area contributed by atoms with Crippen molar-refractivity contribution in [1.82, 2.24) is 5.32 Å². The number of thiophene rings is 1. The predicted molar refractivity (Wildman–Crippen MR) is 63.4 cm³/mol. The van der Waals surface area contributed by atoms with Crippen LogP contribution in [0.2, 0.25) is 0 Å². The Morgan fingerprint density at radius 3 is 2.67 bits per heavy atom. The summed E-state index contributed by atoms with van der Waals surface area (Å²) in [6, 6.07) is 2.15. The van der Waals surface area contributed by atoms with Crippen LogP contribution in [0, 0.1) is 5.92 Å². The van der Waals surface area contributed by atoms with Gasteiger partial charge >= 0.3 is 0 Å². The van der Waals surface area contributed by atoms with Crippen LogP contribution in [-0.4, -0.2) is 11.3 Å². The van der Waals surface area contributed by atoms with Crippen molar-refractivity contribution in [1.29, 1.82) is 0 Å². The standard InChI is InChI=1S/C12H17NOS/c1-7-9(13-12(2,3)4)11-8(10(7)14)5-6-15-11/h5-7,9,13H,1-4H3. The van der Waals surface area contributed by atoms with Gasteiger partial charge in [-0.15, -0.1) is 11.3 Å². The average molecular weight is 223 g/mol. The number of carbonyl (C=O) groups is 1. The minimum atomic E-state index is 0.0464. The molecule has 1 aliphatic carbocycles. The Morgan fingerprint density at radius 1 is 1.40 bits per heavy atom. The van der Waals surface area contributed by atoms with Crippen LogP contribution in [0.25, 0.3) is 0 Å². The Hall–Kier alpha value is -0.670. The summed E-state index contributed by atoms with van der Waals surface area (Å²) in [6.07, 6.45) is 0. The maximum atomic E-state index is 11.9. The molecule has 0 aliphatic heterocycles. The van der Waals surface area contributed by atoms with E-state index < -0.39 is 0 Å². The summed E-state index contributed by atoms with van der Waals surface area (Å²) in [5, 5.41) is 5.54. The van der Waals surface area contributed by atoms with Gasteiger partial charge in [-0.3, -0.25) is 4.79 Å². The van der Waals surface area contributed by atoms with Gasteiger partial charge in [0, 0.05) is 21.9 Å². The van der Waals surface area contributed by atoms with Gasteiger partial charge in [-0.25, -0.2) is 0 Å². The van der Waals surface area contributed by atoms with Crippen LogP contribution in [-0.2, 0) is 0 Å². The maximum absolute atomic E-state index is 11.9. The molecule has 2 rings (SSSR count). The number of rotatable bonds is 1. The fourth-order valence-electron chi connectivity index (χ4n) is 2.05. The number of nitrogens with one attached hydrogen (secondary N) is 1. The van der Waals surface area contributed by atoms with Crippen LogP contribution in [0.4, 0.5) is 0 Å². The molecule has 2 nitrogen and oxygen atoms in total. The second kappa shape index (κ2) is 3.42. The minimum absolute atomic E-state index is 0.0464. The van der Waals surface area contributed by atoms with E-state index in [1.807, 2.05) is 18.4 Å². The summed E-state index contributed by atoms with van der Waals surface area (Å²) in [5.41, 5.74) is 0.972. The van der Waals surface area contributed by atoms with E-state index >= 15 is 0 Å². The number of hydrogen-bond acceptors (Lipinski definition) is 3. The molecule has 15 heavy (non-hydrogen) atoms. The van der Waals surface area contributed by atoms with Gasteiger partial charge in [0.2, 0.25) is 0 Å². The van der Waals surface area contributed by atoms with Gasteiger partial charge in [0.15, 0.2) is 5.78 Å². The molecule has 0 radical (unpaired) electrons. The number of hydrogen-bond donors (Lipinski definition) is 1. The highest BCUT2D eigenvalue weighted by molar-refractivity contribution is 7.10. The lowest BCUT2D eigenvalue weighted by Gasteiger charge is -2.28. The van der Waals surface area contributed by atoms with E-state index in [1.54, 1.807) is 11.3 Å². The van der Waals surface area contributed by atoms with Crippen LogP contribution in [0.3, 0.4) is 0 Å². The summed E-state index contributed by atoms with van der Waals surface area (Å²) >= 11 is 1.68. The normalized spacial score (nSPS) is 25.7. The fourth-order valence-corrected chi connectivity index (χ4v) is 3.10. The van der Waals surface area contributed by atoms with Crippen LogP contribution in [0.5, 0.6) is 0 Å². The molecule has 2 atom stereocenters. The first-order valence-electron chi connectivity index (χ1n) is 5.29. The molecule has 1 heterocycles. The first-order chi connectivity index (χ1) is 6.90. The molecular formula is C12H17NOS. The molecule has 1 aromatic rings.